The molecule has 1 aromatic rings. The maximum Gasteiger partial charge on any atom is 0.173 e. The smallest absolute Gasteiger partial charge is 0.173 e. The molecule has 0 aliphatic rings. The molecule has 0 unspecified atom stereocenters. The van der Waals surface area contributed by atoms with Crippen molar-refractivity contribution >= 4 is 5.84 Å². The van der Waals surface area contributed by atoms with Crippen molar-refractivity contribution in [3.63, 3.8) is 0 Å². The summed E-state index contributed by atoms with van der Waals surface area (Å²) in [6, 6.07) is 6.01. The van der Waals surface area contributed by atoms with Crippen molar-refractivity contribution < 1.29 is 9.94 Å². The molecule has 17 heavy (non-hydrogen) atoms. The summed E-state index contributed by atoms with van der Waals surface area (Å²) < 4.78 is 5.16. The summed E-state index contributed by atoms with van der Waals surface area (Å²) in [5.41, 5.74) is 7.25. The fraction of sp³-hybridized carbons (Fsp3) is 0.417. The number of hydrogen-bond acceptors (Lipinski definition) is 4. The fourth-order valence-electron chi connectivity index (χ4n) is 1.44. The molecule has 1 rings (SSSR count). The van der Waals surface area contributed by atoms with Gasteiger partial charge in [0, 0.05) is 12.6 Å². The Bertz CT molecular complexity index is 403. The molecule has 0 fully saturated rings. The summed E-state index contributed by atoms with van der Waals surface area (Å²) in [5.74, 6) is 0.641. The number of oxime groups is 1. The lowest BCUT2D eigenvalue weighted by Gasteiger charge is -2.11. The number of benzene rings is 1. The predicted molar refractivity (Wildman–Crippen MR) is 67.5 cm³/mol. The molecule has 0 heterocycles. The SMILES string of the molecule is COc1ccc(CNC(C)C)cc1C(N)=NO. The molecule has 0 spiro atoms. The summed E-state index contributed by atoms with van der Waals surface area (Å²) in [5, 5.41) is 15.0. The van der Waals surface area contributed by atoms with E-state index < -0.39 is 0 Å². The Labute approximate surface area is 101 Å². The second kappa shape index (κ2) is 6.10. The second-order valence-corrected chi connectivity index (χ2v) is 4.06. The van der Waals surface area contributed by atoms with E-state index in [9.17, 15) is 0 Å². The van der Waals surface area contributed by atoms with Crippen LogP contribution in [-0.4, -0.2) is 24.2 Å². The lowest BCUT2D eigenvalue weighted by atomic mass is 10.1. The topological polar surface area (TPSA) is 79.9 Å². The maximum absolute atomic E-state index is 8.71. The summed E-state index contributed by atoms with van der Waals surface area (Å²) >= 11 is 0. The summed E-state index contributed by atoms with van der Waals surface area (Å²) in [6.07, 6.45) is 0. The average Bonchev–Trinajstić information content (AvgIpc) is 2.34. The van der Waals surface area contributed by atoms with Gasteiger partial charge in [0.1, 0.15) is 5.75 Å². The summed E-state index contributed by atoms with van der Waals surface area (Å²) in [4.78, 5) is 0. The van der Waals surface area contributed by atoms with Gasteiger partial charge in [-0.25, -0.2) is 0 Å². The van der Waals surface area contributed by atoms with Gasteiger partial charge in [0.25, 0.3) is 0 Å². The first-order valence-corrected chi connectivity index (χ1v) is 5.46. The van der Waals surface area contributed by atoms with Crippen LogP contribution in [0.2, 0.25) is 0 Å². The lowest BCUT2D eigenvalue weighted by molar-refractivity contribution is 0.318. The van der Waals surface area contributed by atoms with E-state index in [1.165, 1.54) is 0 Å². The van der Waals surface area contributed by atoms with Crippen LogP contribution >= 0.6 is 0 Å². The molecule has 94 valence electrons. The number of methoxy groups -OCH3 is 1. The second-order valence-electron chi connectivity index (χ2n) is 4.06. The molecule has 0 saturated heterocycles. The minimum absolute atomic E-state index is 0.0493. The molecule has 0 aliphatic carbocycles. The fourth-order valence-corrected chi connectivity index (χ4v) is 1.44. The Hall–Kier alpha value is -1.75. The van der Waals surface area contributed by atoms with E-state index in [1.807, 2.05) is 18.2 Å². The Balaban J connectivity index is 2.96. The van der Waals surface area contributed by atoms with E-state index >= 15 is 0 Å². The molecule has 1 aromatic carbocycles. The molecule has 0 bridgehead atoms. The van der Waals surface area contributed by atoms with Crippen molar-refractivity contribution in [3.8, 4) is 5.75 Å². The number of nitrogens with zero attached hydrogens (tertiary/aromatic N) is 1. The van der Waals surface area contributed by atoms with Crippen molar-refractivity contribution in [2.75, 3.05) is 7.11 Å². The molecular formula is C12H19N3O2. The molecule has 5 heteroatoms. The van der Waals surface area contributed by atoms with Crippen molar-refractivity contribution in [1.29, 1.82) is 0 Å². The third kappa shape index (κ3) is 3.64. The zero-order chi connectivity index (χ0) is 12.8. The number of ether oxygens (including phenoxy) is 1. The van der Waals surface area contributed by atoms with E-state index in [1.54, 1.807) is 7.11 Å². The average molecular weight is 237 g/mol. The Kier molecular flexibility index (Phi) is 4.78. The van der Waals surface area contributed by atoms with E-state index in [-0.39, 0.29) is 5.84 Å². The first-order chi connectivity index (χ1) is 8.08. The Morgan fingerprint density at radius 3 is 2.76 bits per heavy atom. The highest BCUT2D eigenvalue weighted by atomic mass is 16.5. The summed E-state index contributed by atoms with van der Waals surface area (Å²) in [6.45, 7) is 4.88. The van der Waals surface area contributed by atoms with Gasteiger partial charge in [-0.15, -0.1) is 0 Å². The van der Waals surface area contributed by atoms with Gasteiger partial charge in [0.05, 0.1) is 12.7 Å². The largest absolute Gasteiger partial charge is 0.496 e. The van der Waals surface area contributed by atoms with Crippen molar-refractivity contribution in [3.05, 3.63) is 29.3 Å². The molecule has 0 amide bonds. The highest BCUT2D eigenvalue weighted by Gasteiger charge is 2.09. The van der Waals surface area contributed by atoms with Crippen LogP contribution in [0.15, 0.2) is 23.4 Å². The highest BCUT2D eigenvalue weighted by Crippen LogP contribution is 2.19. The molecule has 0 aromatic heterocycles. The van der Waals surface area contributed by atoms with Gasteiger partial charge < -0.3 is 21.0 Å². The van der Waals surface area contributed by atoms with Gasteiger partial charge in [-0.3, -0.25) is 0 Å². The molecule has 0 aliphatic heterocycles. The van der Waals surface area contributed by atoms with Gasteiger partial charge in [0.2, 0.25) is 0 Å². The van der Waals surface area contributed by atoms with Crippen LogP contribution < -0.4 is 15.8 Å². The molecular weight excluding hydrogens is 218 g/mol. The van der Waals surface area contributed by atoms with Crippen LogP contribution in [0, 0.1) is 0 Å². The minimum Gasteiger partial charge on any atom is -0.496 e. The van der Waals surface area contributed by atoms with Crippen LogP contribution in [-0.2, 0) is 6.54 Å². The standard InChI is InChI=1S/C12H19N3O2/c1-8(2)14-7-9-4-5-11(17-3)10(6-9)12(13)15-16/h4-6,8,14,16H,7H2,1-3H3,(H2,13,15). The lowest BCUT2D eigenvalue weighted by Crippen LogP contribution is -2.22. The molecule has 4 N–H and O–H groups in total. The third-order valence-electron chi connectivity index (χ3n) is 2.36. The molecule has 0 radical (unpaired) electrons. The molecule has 0 saturated carbocycles. The van der Waals surface area contributed by atoms with Crippen LogP contribution in [0.5, 0.6) is 5.75 Å². The van der Waals surface area contributed by atoms with Gasteiger partial charge in [-0.1, -0.05) is 25.1 Å². The normalized spacial score (nSPS) is 11.9. The maximum atomic E-state index is 8.71. The van der Waals surface area contributed by atoms with E-state index in [4.69, 9.17) is 15.7 Å². The number of amidine groups is 1. The predicted octanol–water partition coefficient (Wildman–Crippen LogP) is 1.29. The third-order valence-corrected chi connectivity index (χ3v) is 2.36. The van der Waals surface area contributed by atoms with Crippen molar-refractivity contribution in [2.24, 2.45) is 10.9 Å². The number of nitrogens with two attached hydrogens (primary N) is 1. The van der Waals surface area contributed by atoms with Gasteiger partial charge >= 0.3 is 0 Å². The zero-order valence-corrected chi connectivity index (χ0v) is 10.4. The van der Waals surface area contributed by atoms with Crippen LogP contribution in [0.25, 0.3) is 0 Å². The quantitative estimate of drug-likeness (QED) is 0.312. The summed E-state index contributed by atoms with van der Waals surface area (Å²) in [7, 11) is 1.55. The Morgan fingerprint density at radius 1 is 1.53 bits per heavy atom. The number of hydrogen-bond donors (Lipinski definition) is 3. The van der Waals surface area contributed by atoms with Crippen molar-refractivity contribution in [2.45, 2.75) is 26.4 Å². The van der Waals surface area contributed by atoms with Gasteiger partial charge in [0.15, 0.2) is 5.84 Å². The van der Waals surface area contributed by atoms with E-state index in [2.05, 4.69) is 24.3 Å². The number of nitrogens with one attached hydrogen (secondary N) is 1. The van der Waals surface area contributed by atoms with Gasteiger partial charge in [-0.2, -0.15) is 0 Å². The minimum atomic E-state index is 0.0493. The van der Waals surface area contributed by atoms with Crippen molar-refractivity contribution in [1.82, 2.24) is 5.32 Å². The van der Waals surface area contributed by atoms with E-state index in [0.717, 1.165) is 12.1 Å². The number of rotatable bonds is 5. The van der Waals surface area contributed by atoms with Crippen LogP contribution in [0.3, 0.4) is 0 Å². The first kappa shape index (κ1) is 13.3. The van der Waals surface area contributed by atoms with Gasteiger partial charge in [-0.05, 0) is 17.7 Å². The monoisotopic (exact) mass is 237 g/mol. The van der Waals surface area contributed by atoms with Crippen LogP contribution in [0.1, 0.15) is 25.0 Å². The Morgan fingerprint density at radius 2 is 2.24 bits per heavy atom. The first-order valence-electron chi connectivity index (χ1n) is 5.46. The highest BCUT2D eigenvalue weighted by molar-refractivity contribution is 5.99. The molecule has 5 nitrogen and oxygen atoms in total. The van der Waals surface area contributed by atoms with Crippen LogP contribution in [0.4, 0.5) is 0 Å². The zero-order valence-electron chi connectivity index (χ0n) is 10.4. The van der Waals surface area contributed by atoms with E-state index in [0.29, 0.717) is 17.4 Å². The molecule has 0 atom stereocenters.